The van der Waals surface area contributed by atoms with Gasteiger partial charge in [0.2, 0.25) is 0 Å². The van der Waals surface area contributed by atoms with Crippen molar-refractivity contribution >= 4 is 22.6 Å². The summed E-state index contributed by atoms with van der Waals surface area (Å²) in [5, 5.41) is 3.35. The van der Waals surface area contributed by atoms with E-state index in [-0.39, 0.29) is 12.1 Å². The van der Waals surface area contributed by atoms with Crippen molar-refractivity contribution in [3.63, 3.8) is 0 Å². The Hall–Kier alpha value is -4.00. The fourth-order valence-corrected chi connectivity index (χ4v) is 3.42. The molecule has 0 saturated carbocycles. The standard InChI is InChI=1S/C24H20FN3O3/c1-15-9-10-21(31-2)20(12-15)27-23(29)18-13-16-7-5-11-26-22(16)28(24(18)30)14-17-6-3-4-8-19(17)25/h3-13H,14H2,1-2H3,(H,27,29). The summed E-state index contributed by atoms with van der Waals surface area (Å²) in [5.74, 6) is -0.534. The van der Waals surface area contributed by atoms with Crippen molar-refractivity contribution in [1.29, 1.82) is 0 Å². The number of pyridine rings is 2. The molecule has 2 aromatic heterocycles. The van der Waals surface area contributed by atoms with Crippen molar-refractivity contribution < 1.29 is 13.9 Å². The third-order valence-electron chi connectivity index (χ3n) is 4.98. The van der Waals surface area contributed by atoms with Crippen LogP contribution in [0.1, 0.15) is 21.5 Å². The van der Waals surface area contributed by atoms with Crippen molar-refractivity contribution in [3.05, 3.63) is 99.7 Å². The number of amides is 1. The Morgan fingerprint density at radius 1 is 1.13 bits per heavy atom. The van der Waals surface area contributed by atoms with Gasteiger partial charge in [-0.25, -0.2) is 9.37 Å². The van der Waals surface area contributed by atoms with Gasteiger partial charge in [-0.2, -0.15) is 0 Å². The predicted molar refractivity (Wildman–Crippen MR) is 117 cm³/mol. The summed E-state index contributed by atoms with van der Waals surface area (Å²) < 4.78 is 20.9. The lowest BCUT2D eigenvalue weighted by Gasteiger charge is -2.14. The van der Waals surface area contributed by atoms with E-state index >= 15 is 0 Å². The van der Waals surface area contributed by atoms with Gasteiger partial charge in [0.1, 0.15) is 22.8 Å². The van der Waals surface area contributed by atoms with Crippen LogP contribution < -0.4 is 15.6 Å². The molecule has 0 aliphatic heterocycles. The number of methoxy groups -OCH3 is 1. The van der Waals surface area contributed by atoms with Crippen LogP contribution in [0, 0.1) is 12.7 Å². The van der Waals surface area contributed by atoms with E-state index in [9.17, 15) is 14.0 Å². The van der Waals surface area contributed by atoms with E-state index in [0.717, 1.165) is 5.56 Å². The van der Waals surface area contributed by atoms with E-state index in [4.69, 9.17) is 4.74 Å². The molecular weight excluding hydrogens is 397 g/mol. The van der Waals surface area contributed by atoms with Gasteiger partial charge in [-0.1, -0.05) is 24.3 Å². The highest BCUT2D eigenvalue weighted by Crippen LogP contribution is 2.26. The van der Waals surface area contributed by atoms with Crippen LogP contribution in [-0.2, 0) is 6.54 Å². The smallest absolute Gasteiger partial charge is 0.265 e. The highest BCUT2D eigenvalue weighted by atomic mass is 19.1. The van der Waals surface area contributed by atoms with Gasteiger partial charge in [0.05, 0.1) is 19.3 Å². The molecule has 0 unspecified atom stereocenters. The van der Waals surface area contributed by atoms with Crippen LogP contribution in [0.3, 0.4) is 0 Å². The Morgan fingerprint density at radius 2 is 1.94 bits per heavy atom. The SMILES string of the molecule is COc1ccc(C)cc1NC(=O)c1cc2cccnc2n(Cc2ccccc2F)c1=O. The number of nitrogens with zero attached hydrogens (tertiary/aromatic N) is 2. The number of hydrogen-bond acceptors (Lipinski definition) is 4. The lowest BCUT2D eigenvalue weighted by Crippen LogP contribution is -2.30. The predicted octanol–water partition coefficient (Wildman–Crippen LogP) is 4.15. The van der Waals surface area contributed by atoms with Gasteiger partial charge < -0.3 is 10.1 Å². The van der Waals surface area contributed by atoms with E-state index in [1.807, 2.05) is 13.0 Å². The monoisotopic (exact) mass is 417 g/mol. The van der Waals surface area contributed by atoms with Crippen molar-refractivity contribution in [2.75, 3.05) is 12.4 Å². The molecule has 2 aromatic carbocycles. The Morgan fingerprint density at radius 3 is 2.71 bits per heavy atom. The van der Waals surface area contributed by atoms with Gasteiger partial charge in [0.15, 0.2) is 0 Å². The summed E-state index contributed by atoms with van der Waals surface area (Å²) in [7, 11) is 1.50. The van der Waals surface area contributed by atoms with E-state index in [2.05, 4.69) is 10.3 Å². The molecule has 0 aliphatic rings. The summed E-state index contributed by atoms with van der Waals surface area (Å²) >= 11 is 0. The molecule has 4 rings (SSSR count). The average molecular weight is 417 g/mol. The Balaban J connectivity index is 1.81. The zero-order valence-corrected chi connectivity index (χ0v) is 17.1. The number of nitrogens with one attached hydrogen (secondary N) is 1. The van der Waals surface area contributed by atoms with Crippen LogP contribution in [0.4, 0.5) is 10.1 Å². The summed E-state index contributed by atoms with van der Waals surface area (Å²) in [5.41, 5.74) is 1.46. The number of carbonyl (C=O) groups excluding carboxylic acids is 1. The van der Waals surface area contributed by atoms with Crippen LogP contribution in [0.5, 0.6) is 5.75 Å². The number of fused-ring (bicyclic) bond motifs is 1. The number of ether oxygens (including phenoxy) is 1. The summed E-state index contributed by atoms with van der Waals surface area (Å²) in [6.07, 6.45) is 1.55. The molecule has 0 fully saturated rings. The molecule has 1 amide bonds. The first-order valence-electron chi connectivity index (χ1n) is 9.66. The second-order valence-electron chi connectivity index (χ2n) is 7.11. The number of hydrogen-bond donors (Lipinski definition) is 1. The number of aryl methyl sites for hydroxylation is 1. The zero-order valence-electron chi connectivity index (χ0n) is 17.1. The van der Waals surface area contributed by atoms with Crippen LogP contribution in [0.25, 0.3) is 11.0 Å². The van der Waals surface area contributed by atoms with Gasteiger partial charge in [0.25, 0.3) is 11.5 Å². The molecule has 0 radical (unpaired) electrons. The second-order valence-corrected chi connectivity index (χ2v) is 7.11. The zero-order chi connectivity index (χ0) is 22.0. The average Bonchev–Trinajstić information content (AvgIpc) is 2.77. The van der Waals surface area contributed by atoms with Crippen LogP contribution in [0.15, 0.2) is 71.7 Å². The third-order valence-corrected chi connectivity index (χ3v) is 4.98. The fraction of sp³-hybridized carbons (Fsp3) is 0.125. The van der Waals surface area contributed by atoms with Gasteiger partial charge in [-0.05, 0) is 48.9 Å². The lowest BCUT2D eigenvalue weighted by atomic mass is 10.1. The molecule has 31 heavy (non-hydrogen) atoms. The fourth-order valence-electron chi connectivity index (χ4n) is 3.42. The Bertz CT molecular complexity index is 1350. The highest BCUT2D eigenvalue weighted by molar-refractivity contribution is 6.06. The Kier molecular flexibility index (Phi) is 5.49. The largest absolute Gasteiger partial charge is 0.495 e. The molecular formula is C24H20FN3O3. The van der Waals surface area contributed by atoms with Crippen molar-refractivity contribution in [3.8, 4) is 5.75 Å². The van der Waals surface area contributed by atoms with Crippen molar-refractivity contribution in [2.45, 2.75) is 13.5 Å². The first kappa shape index (κ1) is 20.3. The molecule has 0 spiro atoms. The number of carbonyl (C=O) groups is 1. The van der Waals surface area contributed by atoms with E-state index in [0.29, 0.717) is 28.0 Å². The van der Waals surface area contributed by atoms with Crippen LogP contribution in [-0.4, -0.2) is 22.6 Å². The lowest BCUT2D eigenvalue weighted by molar-refractivity contribution is 0.102. The number of benzene rings is 2. The van der Waals surface area contributed by atoms with Gasteiger partial charge in [-0.15, -0.1) is 0 Å². The maximum absolute atomic E-state index is 14.2. The molecule has 4 aromatic rings. The minimum absolute atomic E-state index is 0.0477. The Labute approximate surface area is 177 Å². The molecule has 7 heteroatoms. The molecule has 6 nitrogen and oxygen atoms in total. The summed E-state index contributed by atoms with van der Waals surface area (Å²) in [4.78, 5) is 30.6. The van der Waals surface area contributed by atoms with Crippen molar-refractivity contribution in [2.24, 2.45) is 0 Å². The molecule has 0 aliphatic carbocycles. The van der Waals surface area contributed by atoms with E-state index in [1.165, 1.54) is 23.8 Å². The summed E-state index contributed by atoms with van der Waals surface area (Å²) in [6.45, 7) is 1.84. The molecule has 156 valence electrons. The number of anilines is 1. The summed E-state index contributed by atoms with van der Waals surface area (Å²) in [6, 6.07) is 16.5. The normalized spacial score (nSPS) is 10.8. The van der Waals surface area contributed by atoms with E-state index in [1.54, 1.807) is 48.7 Å². The molecule has 1 N–H and O–H groups in total. The molecule has 0 bridgehead atoms. The number of halogens is 1. The van der Waals surface area contributed by atoms with Gasteiger partial charge in [0, 0.05) is 17.1 Å². The highest BCUT2D eigenvalue weighted by Gasteiger charge is 2.19. The quantitative estimate of drug-likeness (QED) is 0.529. The van der Waals surface area contributed by atoms with E-state index < -0.39 is 17.3 Å². The third kappa shape index (κ3) is 4.02. The minimum atomic E-state index is -0.582. The number of aromatic nitrogens is 2. The second kappa shape index (κ2) is 8.39. The first-order chi connectivity index (χ1) is 15.0. The molecule has 2 heterocycles. The number of rotatable bonds is 5. The first-order valence-corrected chi connectivity index (χ1v) is 9.66. The van der Waals surface area contributed by atoms with Crippen LogP contribution in [0.2, 0.25) is 0 Å². The minimum Gasteiger partial charge on any atom is -0.495 e. The van der Waals surface area contributed by atoms with Gasteiger partial charge in [-0.3, -0.25) is 14.2 Å². The molecule has 0 saturated heterocycles. The van der Waals surface area contributed by atoms with Crippen molar-refractivity contribution in [1.82, 2.24) is 9.55 Å². The molecule has 0 atom stereocenters. The maximum Gasteiger partial charge on any atom is 0.265 e. The van der Waals surface area contributed by atoms with Gasteiger partial charge >= 0.3 is 0 Å². The maximum atomic E-state index is 14.2. The topological polar surface area (TPSA) is 73.2 Å². The van der Waals surface area contributed by atoms with Crippen LogP contribution >= 0.6 is 0 Å².